The first kappa shape index (κ1) is 23.0. The van der Waals surface area contributed by atoms with E-state index in [-0.39, 0.29) is 18.0 Å². The van der Waals surface area contributed by atoms with Gasteiger partial charge in [-0.3, -0.25) is 10.1 Å². The molecule has 0 aromatic carbocycles. The normalized spacial score (nSPS) is 20.3. The molecular formula is C24H31FN6O2S. The van der Waals surface area contributed by atoms with E-state index >= 15 is 0 Å². The maximum atomic E-state index is 14.5. The summed E-state index contributed by atoms with van der Waals surface area (Å²) in [6.45, 7) is 7.26. The van der Waals surface area contributed by atoms with Gasteiger partial charge < -0.3 is 15.1 Å². The minimum absolute atomic E-state index is 0.0278. The van der Waals surface area contributed by atoms with E-state index in [4.69, 9.17) is 4.98 Å². The number of aryl methyl sites for hydroxylation is 1. The van der Waals surface area contributed by atoms with Crippen molar-refractivity contribution in [3.8, 4) is 10.6 Å². The molecule has 4 heterocycles. The maximum Gasteiger partial charge on any atom is 0.320 e. The van der Waals surface area contributed by atoms with Gasteiger partial charge in [-0.15, -0.1) is 0 Å². The average Bonchev–Trinajstić information content (AvgIpc) is 3.51. The number of hydrogen-bond acceptors (Lipinski definition) is 6. The number of carbonyl (C=O) groups excluding carboxylic acids is 2. The number of alkyl halides is 1. The number of amides is 3. The molecule has 0 radical (unpaired) electrons. The topological polar surface area (TPSA) is 90.5 Å². The van der Waals surface area contributed by atoms with Crippen LogP contribution in [0, 0.1) is 12.8 Å². The molecule has 2 aromatic rings. The van der Waals surface area contributed by atoms with Crippen LogP contribution in [-0.4, -0.2) is 58.7 Å². The second-order valence-corrected chi connectivity index (χ2v) is 10.9. The molecule has 182 valence electrons. The summed E-state index contributed by atoms with van der Waals surface area (Å²) in [5, 5.41) is 5.74. The number of fused-ring (bicyclic) bond motifs is 1. The van der Waals surface area contributed by atoms with Gasteiger partial charge in [0.05, 0.1) is 21.8 Å². The van der Waals surface area contributed by atoms with E-state index in [0.717, 1.165) is 21.8 Å². The lowest BCUT2D eigenvalue weighted by Gasteiger charge is -2.35. The average molecular weight is 487 g/mol. The minimum atomic E-state index is -1.19. The molecule has 1 saturated heterocycles. The van der Waals surface area contributed by atoms with E-state index < -0.39 is 5.67 Å². The van der Waals surface area contributed by atoms with Gasteiger partial charge in [0.1, 0.15) is 11.5 Å². The van der Waals surface area contributed by atoms with Crippen molar-refractivity contribution in [2.75, 3.05) is 30.4 Å². The van der Waals surface area contributed by atoms with E-state index in [0.29, 0.717) is 54.9 Å². The van der Waals surface area contributed by atoms with Crippen molar-refractivity contribution in [1.82, 2.24) is 20.2 Å². The van der Waals surface area contributed by atoms with E-state index in [1.165, 1.54) is 24.2 Å². The van der Waals surface area contributed by atoms with E-state index in [1.807, 2.05) is 17.9 Å². The summed E-state index contributed by atoms with van der Waals surface area (Å²) in [7, 11) is 1.55. The highest BCUT2D eigenvalue weighted by atomic mass is 32.1. The molecule has 2 aliphatic heterocycles. The fraction of sp³-hybridized carbons (Fsp3) is 0.583. The molecule has 10 heteroatoms. The van der Waals surface area contributed by atoms with Crippen molar-refractivity contribution in [3.05, 3.63) is 22.9 Å². The summed E-state index contributed by atoms with van der Waals surface area (Å²) < 4.78 is 14.5. The molecule has 1 saturated carbocycles. The first-order valence-electron chi connectivity index (χ1n) is 11.9. The second kappa shape index (κ2) is 8.48. The van der Waals surface area contributed by atoms with Crippen LogP contribution in [0.2, 0.25) is 0 Å². The zero-order valence-electron chi connectivity index (χ0n) is 20.1. The summed E-state index contributed by atoms with van der Waals surface area (Å²) in [5.41, 5.74) is 1.92. The van der Waals surface area contributed by atoms with Crippen LogP contribution in [0.1, 0.15) is 61.1 Å². The monoisotopic (exact) mass is 486 g/mol. The number of nitrogens with one attached hydrogen (secondary N) is 2. The number of nitrogens with zero attached hydrogens (tertiary/aromatic N) is 4. The van der Waals surface area contributed by atoms with Gasteiger partial charge in [0, 0.05) is 32.7 Å². The Morgan fingerprint density at radius 3 is 2.65 bits per heavy atom. The van der Waals surface area contributed by atoms with Gasteiger partial charge in [0.2, 0.25) is 0 Å². The molecule has 1 aliphatic carbocycles. The molecule has 34 heavy (non-hydrogen) atoms. The highest BCUT2D eigenvalue weighted by Gasteiger charge is 2.42. The van der Waals surface area contributed by atoms with E-state index in [9.17, 15) is 14.0 Å². The number of carbonyl (C=O) groups is 2. The van der Waals surface area contributed by atoms with Crippen LogP contribution >= 0.6 is 11.3 Å². The number of piperidine rings is 1. The number of anilines is 2. The van der Waals surface area contributed by atoms with Crippen molar-refractivity contribution >= 4 is 34.2 Å². The van der Waals surface area contributed by atoms with Crippen molar-refractivity contribution in [2.24, 2.45) is 5.92 Å². The van der Waals surface area contributed by atoms with Crippen LogP contribution in [-0.2, 0) is 6.54 Å². The lowest BCUT2D eigenvalue weighted by Crippen LogP contribution is -2.41. The number of pyridine rings is 1. The largest absolute Gasteiger partial charge is 0.356 e. The lowest BCUT2D eigenvalue weighted by molar-refractivity contribution is 0.0697. The smallest absolute Gasteiger partial charge is 0.320 e. The quantitative estimate of drug-likeness (QED) is 0.656. The second-order valence-electron chi connectivity index (χ2n) is 9.91. The minimum Gasteiger partial charge on any atom is -0.356 e. The van der Waals surface area contributed by atoms with E-state index in [1.54, 1.807) is 14.0 Å². The summed E-state index contributed by atoms with van der Waals surface area (Å²) in [5.74, 6) is 1.24. The number of halogens is 1. The molecule has 3 aliphatic rings. The molecular weight excluding hydrogens is 455 g/mol. The zero-order chi connectivity index (χ0) is 24.2. The van der Waals surface area contributed by atoms with Gasteiger partial charge in [0.15, 0.2) is 5.13 Å². The SMILES string of the molecule is CNC(=O)Nc1nc(C)c(-c2cc3c(c(N4CCC(C)(F)CC4)n2)C(=O)N([C@@H](C)C2CC2)C3)s1. The predicted octanol–water partition coefficient (Wildman–Crippen LogP) is 4.35. The molecule has 3 amide bonds. The Morgan fingerprint density at radius 1 is 1.29 bits per heavy atom. The number of aromatic nitrogens is 2. The van der Waals surface area contributed by atoms with Crippen LogP contribution in [0.5, 0.6) is 0 Å². The Kier molecular flexibility index (Phi) is 5.74. The highest BCUT2D eigenvalue weighted by Crippen LogP contribution is 2.43. The standard InChI is InChI=1S/C24H31FN6O2S/c1-13-19(34-23(27-13)29-22(33)26-4)17-11-16-12-31(14(2)15-5-6-15)21(32)18(16)20(28-17)30-9-7-24(3,25)8-10-30/h11,14-15H,5-10,12H2,1-4H3,(H2,26,27,29,33)/t14-/m0/s1. The zero-order valence-corrected chi connectivity index (χ0v) is 20.9. The summed E-state index contributed by atoms with van der Waals surface area (Å²) in [6, 6.07) is 1.85. The maximum absolute atomic E-state index is 14.5. The van der Waals surface area contributed by atoms with Crippen molar-refractivity contribution in [1.29, 1.82) is 0 Å². The molecule has 1 atom stereocenters. The van der Waals surface area contributed by atoms with Crippen molar-refractivity contribution in [2.45, 2.75) is 64.7 Å². The van der Waals surface area contributed by atoms with E-state index in [2.05, 4.69) is 27.4 Å². The summed E-state index contributed by atoms with van der Waals surface area (Å²) in [4.78, 5) is 39.6. The Bertz CT molecular complexity index is 1130. The molecule has 2 fully saturated rings. The third-order valence-electron chi connectivity index (χ3n) is 7.28. The number of hydrogen-bond donors (Lipinski definition) is 2. The molecule has 8 nitrogen and oxygen atoms in total. The summed E-state index contributed by atoms with van der Waals surface area (Å²) >= 11 is 1.36. The molecule has 2 N–H and O–H groups in total. The molecule has 0 bridgehead atoms. The third kappa shape index (κ3) is 4.23. The molecule has 0 spiro atoms. The van der Waals surface area contributed by atoms with Crippen LogP contribution in [0.25, 0.3) is 10.6 Å². The van der Waals surface area contributed by atoms with Gasteiger partial charge in [-0.2, -0.15) is 0 Å². The third-order valence-corrected chi connectivity index (χ3v) is 8.37. The highest BCUT2D eigenvalue weighted by molar-refractivity contribution is 7.19. The first-order valence-corrected chi connectivity index (χ1v) is 12.7. The van der Waals surface area contributed by atoms with Crippen LogP contribution in [0.3, 0.4) is 0 Å². The van der Waals surface area contributed by atoms with Crippen molar-refractivity contribution < 1.29 is 14.0 Å². The van der Waals surface area contributed by atoms with Gasteiger partial charge in [-0.05, 0) is 64.0 Å². The Morgan fingerprint density at radius 2 is 2.00 bits per heavy atom. The summed E-state index contributed by atoms with van der Waals surface area (Å²) in [6.07, 6.45) is 3.15. The Labute approximate surface area is 202 Å². The molecule has 0 unspecified atom stereocenters. The molecule has 2 aromatic heterocycles. The fourth-order valence-corrected chi connectivity index (χ4v) is 5.80. The van der Waals surface area contributed by atoms with Crippen molar-refractivity contribution in [3.63, 3.8) is 0 Å². The number of thiazole rings is 1. The van der Waals surface area contributed by atoms with Gasteiger partial charge in [-0.1, -0.05) is 11.3 Å². The molecule has 5 rings (SSSR count). The number of rotatable bonds is 5. The van der Waals surface area contributed by atoms with Crippen LogP contribution in [0.4, 0.5) is 20.1 Å². The number of urea groups is 1. The first-order chi connectivity index (χ1) is 16.2. The van der Waals surface area contributed by atoms with Crippen LogP contribution in [0.15, 0.2) is 6.07 Å². The fourth-order valence-electron chi connectivity index (χ4n) is 4.88. The Balaban J connectivity index is 1.54. The van der Waals surface area contributed by atoms with Gasteiger partial charge in [0.25, 0.3) is 5.91 Å². The lowest BCUT2D eigenvalue weighted by atomic mass is 9.95. The van der Waals surface area contributed by atoms with Crippen LogP contribution < -0.4 is 15.5 Å². The Hall–Kier alpha value is -2.75. The van der Waals surface area contributed by atoms with Gasteiger partial charge in [-0.25, -0.2) is 19.2 Å². The van der Waals surface area contributed by atoms with Gasteiger partial charge >= 0.3 is 6.03 Å². The predicted molar refractivity (Wildman–Crippen MR) is 131 cm³/mol.